The van der Waals surface area contributed by atoms with E-state index in [0.717, 1.165) is 31.3 Å². The number of fused-ring (bicyclic) bond motifs is 1. The fraction of sp³-hybridized carbons (Fsp3) is 0.256. The second kappa shape index (κ2) is 9.50. The Morgan fingerprint density at radius 1 is 0.725 bits per heavy atom. The van der Waals surface area contributed by atoms with Crippen molar-refractivity contribution in [1.82, 2.24) is 0 Å². The molecule has 0 radical (unpaired) electrons. The summed E-state index contributed by atoms with van der Waals surface area (Å²) in [6.07, 6.45) is 39.6. The molecule has 0 saturated heterocycles. The maximum absolute atomic E-state index is 9.36. The molecule has 0 spiro atoms. The highest BCUT2D eigenvalue weighted by molar-refractivity contribution is 5.73. The Kier molecular flexibility index (Phi) is 5.63. The maximum Gasteiger partial charge on any atom is 0.0988 e. The van der Waals surface area contributed by atoms with Crippen LogP contribution in [0.25, 0.3) is 11.6 Å². The van der Waals surface area contributed by atoms with E-state index in [4.69, 9.17) is 0 Å². The lowest BCUT2D eigenvalue weighted by molar-refractivity contribution is 0.309. The first-order valence-electron chi connectivity index (χ1n) is 14.9. The van der Waals surface area contributed by atoms with Gasteiger partial charge in [-0.05, 0) is 75.6 Å². The van der Waals surface area contributed by atoms with Crippen LogP contribution in [0.3, 0.4) is 0 Å². The monoisotopic (exact) mass is 515 g/mol. The summed E-state index contributed by atoms with van der Waals surface area (Å²) in [6, 6.07) is 11.3. The molecule has 1 aromatic rings. The smallest absolute Gasteiger partial charge is 0.0988 e. The van der Waals surface area contributed by atoms with Gasteiger partial charge in [0.15, 0.2) is 0 Å². The number of rotatable bonds is 3. The number of benzene rings is 1. The van der Waals surface area contributed by atoms with Crippen molar-refractivity contribution in [1.29, 1.82) is 5.26 Å². The molecule has 1 heteroatoms. The van der Waals surface area contributed by atoms with E-state index in [1.807, 2.05) is 6.08 Å². The Balaban J connectivity index is 1.33. The molecule has 6 atom stereocenters. The summed E-state index contributed by atoms with van der Waals surface area (Å²) >= 11 is 0. The molecule has 6 unspecified atom stereocenters. The van der Waals surface area contributed by atoms with Crippen molar-refractivity contribution in [2.24, 2.45) is 35.5 Å². The second-order valence-electron chi connectivity index (χ2n) is 12.1. The molecule has 40 heavy (non-hydrogen) atoms. The molecular weight excluding hydrogens is 482 g/mol. The minimum Gasteiger partial charge on any atom is -0.192 e. The van der Waals surface area contributed by atoms with Crippen LogP contribution < -0.4 is 10.4 Å². The summed E-state index contributed by atoms with van der Waals surface area (Å²) in [7, 11) is 0. The third-order valence-corrected chi connectivity index (χ3v) is 10.1. The Labute approximate surface area is 237 Å². The molecule has 0 fully saturated rings. The van der Waals surface area contributed by atoms with E-state index in [-0.39, 0.29) is 0 Å². The Bertz CT molecular complexity index is 1780. The van der Waals surface area contributed by atoms with Crippen LogP contribution in [0.5, 0.6) is 0 Å². The predicted octanol–water partition coefficient (Wildman–Crippen LogP) is 7.28. The van der Waals surface area contributed by atoms with Crippen molar-refractivity contribution in [2.45, 2.75) is 25.7 Å². The number of hydrogen-bond donors (Lipinski definition) is 0. The maximum atomic E-state index is 9.36. The minimum absolute atomic E-state index is 0.337. The van der Waals surface area contributed by atoms with Crippen molar-refractivity contribution in [3.63, 3.8) is 0 Å². The van der Waals surface area contributed by atoms with Gasteiger partial charge in [-0.25, -0.2) is 0 Å². The number of hydrogen-bond acceptors (Lipinski definition) is 1. The molecule has 194 valence electrons. The molecular formula is C39H33N. The molecule has 0 N–H and O–H groups in total. The zero-order valence-corrected chi connectivity index (χ0v) is 22.7. The summed E-state index contributed by atoms with van der Waals surface area (Å²) in [5.41, 5.74) is 9.92. The number of nitriles is 1. The van der Waals surface area contributed by atoms with Crippen LogP contribution in [-0.2, 0) is 0 Å². The van der Waals surface area contributed by atoms with E-state index in [1.54, 1.807) is 16.7 Å². The highest BCUT2D eigenvalue weighted by Gasteiger charge is 2.47. The largest absolute Gasteiger partial charge is 0.192 e. The summed E-state index contributed by atoms with van der Waals surface area (Å²) in [5, 5.41) is 12.2. The normalized spacial score (nSPS) is 32.7. The summed E-state index contributed by atoms with van der Waals surface area (Å²) in [5.74, 6) is 2.49. The van der Waals surface area contributed by atoms with Gasteiger partial charge in [-0.3, -0.25) is 0 Å². The molecule has 8 rings (SSSR count). The van der Waals surface area contributed by atoms with Crippen LogP contribution in [0.1, 0.15) is 25.7 Å². The third kappa shape index (κ3) is 3.66. The quantitative estimate of drug-likeness (QED) is 0.415. The zero-order chi connectivity index (χ0) is 26.6. The first kappa shape index (κ1) is 23.7. The zero-order valence-electron chi connectivity index (χ0n) is 22.7. The van der Waals surface area contributed by atoms with E-state index in [1.165, 1.54) is 27.2 Å². The van der Waals surface area contributed by atoms with Crippen molar-refractivity contribution >= 4 is 11.6 Å². The SMILES string of the molecule is N#CC1=CCC(C2=C3C=CC4C(C5=c6ccccc6=CCC5)=CC(C5C=CC=CC5)=C5C=CC(C=C2)C3C54)C=C1. The highest BCUT2D eigenvalue weighted by atomic mass is 14.5. The molecule has 1 nitrogen and oxygen atoms in total. The van der Waals surface area contributed by atoms with Crippen molar-refractivity contribution in [3.05, 3.63) is 153 Å². The molecule has 7 aliphatic carbocycles. The van der Waals surface area contributed by atoms with Gasteiger partial charge < -0.3 is 0 Å². The lowest BCUT2D eigenvalue weighted by Crippen LogP contribution is -2.41. The lowest BCUT2D eigenvalue weighted by atomic mass is 9.54. The molecule has 0 aromatic heterocycles. The molecule has 0 bridgehead atoms. The van der Waals surface area contributed by atoms with E-state index in [2.05, 4.69) is 115 Å². The van der Waals surface area contributed by atoms with Crippen LogP contribution in [0.15, 0.2) is 143 Å². The van der Waals surface area contributed by atoms with Crippen molar-refractivity contribution in [3.8, 4) is 6.07 Å². The van der Waals surface area contributed by atoms with E-state index in [9.17, 15) is 5.26 Å². The van der Waals surface area contributed by atoms with E-state index < -0.39 is 0 Å². The fourth-order valence-corrected chi connectivity index (χ4v) is 8.30. The van der Waals surface area contributed by atoms with Gasteiger partial charge in [0.25, 0.3) is 0 Å². The van der Waals surface area contributed by atoms with Crippen molar-refractivity contribution in [2.75, 3.05) is 0 Å². The van der Waals surface area contributed by atoms with Gasteiger partial charge >= 0.3 is 0 Å². The molecule has 0 amide bonds. The summed E-state index contributed by atoms with van der Waals surface area (Å²) < 4.78 is 0. The van der Waals surface area contributed by atoms with Crippen molar-refractivity contribution < 1.29 is 0 Å². The number of nitrogens with zero attached hydrogens (tertiary/aromatic N) is 1. The molecule has 1 aromatic carbocycles. The topological polar surface area (TPSA) is 23.8 Å². The highest BCUT2D eigenvalue weighted by Crippen LogP contribution is 2.57. The van der Waals surface area contributed by atoms with E-state index in [0.29, 0.717) is 35.5 Å². The van der Waals surface area contributed by atoms with Crippen LogP contribution in [-0.4, -0.2) is 0 Å². The van der Waals surface area contributed by atoms with Crippen LogP contribution in [0, 0.1) is 46.8 Å². The van der Waals surface area contributed by atoms with Gasteiger partial charge in [0, 0.05) is 41.1 Å². The van der Waals surface area contributed by atoms with Gasteiger partial charge in [-0.2, -0.15) is 5.26 Å². The van der Waals surface area contributed by atoms with Gasteiger partial charge in [-0.15, -0.1) is 0 Å². The van der Waals surface area contributed by atoms with Gasteiger partial charge in [0.05, 0.1) is 6.07 Å². The van der Waals surface area contributed by atoms with E-state index >= 15 is 0 Å². The van der Waals surface area contributed by atoms with Gasteiger partial charge in [-0.1, -0.05) is 109 Å². The molecule has 0 aliphatic heterocycles. The Morgan fingerprint density at radius 2 is 1.55 bits per heavy atom. The third-order valence-electron chi connectivity index (χ3n) is 10.1. The van der Waals surface area contributed by atoms with Crippen LogP contribution in [0.2, 0.25) is 0 Å². The summed E-state index contributed by atoms with van der Waals surface area (Å²) in [6.45, 7) is 0. The minimum atomic E-state index is 0.337. The molecule has 0 saturated carbocycles. The first-order chi connectivity index (χ1) is 19.8. The van der Waals surface area contributed by atoms with Gasteiger partial charge in [0.2, 0.25) is 0 Å². The Morgan fingerprint density at radius 3 is 2.38 bits per heavy atom. The summed E-state index contributed by atoms with van der Waals surface area (Å²) in [4.78, 5) is 0. The molecule has 7 aliphatic rings. The molecule has 0 heterocycles. The Hall–Kier alpha value is -4.15. The average Bonchev–Trinajstić information content (AvgIpc) is 3.03. The number of allylic oxidation sites excluding steroid dienone is 20. The standard InChI is InChI=1S/C39H33N/c40-24-25-13-15-28(16-14-25)31-19-17-29-18-20-34-36(27-7-2-1-3-8-27)23-37(35-22-21-33(31)38(29)39(34)35)32-12-6-10-26-9-4-5-11-30(26)32/h1-5,7,9-11,13-15,17-23,27-29,35,38-39H,6,8,12,16H2. The van der Waals surface area contributed by atoms with Crippen LogP contribution >= 0.6 is 0 Å². The predicted molar refractivity (Wildman–Crippen MR) is 164 cm³/mol. The van der Waals surface area contributed by atoms with Gasteiger partial charge in [0.1, 0.15) is 0 Å². The first-order valence-corrected chi connectivity index (χ1v) is 14.9. The average molecular weight is 516 g/mol. The lowest BCUT2D eigenvalue weighted by Gasteiger charge is -2.49. The fourth-order valence-electron chi connectivity index (χ4n) is 8.30. The second-order valence-corrected chi connectivity index (χ2v) is 12.1. The van der Waals surface area contributed by atoms with Crippen LogP contribution in [0.4, 0.5) is 0 Å².